The molecule has 1 atom stereocenters. The molecule has 2 N–H and O–H groups in total. The highest BCUT2D eigenvalue weighted by Gasteiger charge is 2.23. The molecule has 0 spiro atoms. The van der Waals surface area contributed by atoms with Gasteiger partial charge in [-0.1, -0.05) is 13.8 Å². The van der Waals surface area contributed by atoms with Crippen LogP contribution >= 0.6 is 11.3 Å². The largest absolute Gasteiger partial charge is 0.393 e. The molecular formula is C15H26N2OS. The molecule has 3 nitrogen and oxygen atoms in total. The van der Waals surface area contributed by atoms with Crippen molar-refractivity contribution in [1.29, 1.82) is 0 Å². The van der Waals surface area contributed by atoms with E-state index in [2.05, 4.69) is 38.0 Å². The van der Waals surface area contributed by atoms with Gasteiger partial charge in [-0.3, -0.25) is 0 Å². The number of nitrogens with one attached hydrogen (secondary N) is 1. The molecule has 0 bridgehead atoms. The molecule has 1 unspecified atom stereocenters. The summed E-state index contributed by atoms with van der Waals surface area (Å²) in [5.74, 6) is 0.509. The van der Waals surface area contributed by atoms with Crippen LogP contribution in [0.1, 0.15) is 74.0 Å². The Kier molecular flexibility index (Phi) is 4.98. The first kappa shape index (κ1) is 14.9. The number of aliphatic hydroxyl groups excluding tert-OH is 1. The van der Waals surface area contributed by atoms with E-state index in [0.29, 0.717) is 18.0 Å². The number of thiazole rings is 1. The zero-order valence-electron chi connectivity index (χ0n) is 12.4. The number of aryl methyl sites for hydroxylation is 1. The van der Waals surface area contributed by atoms with E-state index >= 15 is 0 Å². The molecule has 0 amide bonds. The SMILES string of the molecule is Cc1nc(C(C)C)sc1C(C)NC1CCC(O)CC1. The quantitative estimate of drug-likeness (QED) is 0.888. The second-order valence-electron chi connectivity index (χ2n) is 6.05. The van der Waals surface area contributed by atoms with Crippen molar-refractivity contribution in [3.8, 4) is 0 Å². The predicted molar refractivity (Wildman–Crippen MR) is 80.8 cm³/mol. The van der Waals surface area contributed by atoms with Crippen LogP contribution in [0.2, 0.25) is 0 Å². The Morgan fingerprint density at radius 2 is 1.84 bits per heavy atom. The minimum absolute atomic E-state index is 0.0777. The maximum atomic E-state index is 9.55. The van der Waals surface area contributed by atoms with E-state index in [-0.39, 0.29) is 6.10 Å². The Bertz CT molecular complexity index is 408. The van der Waals surface area contributed by atoms with Crippen LogP contribution in [0.4, 0.5) is 0 Å². The van der Waals surface area contributed by atoms with E-state index in [0.717, 1.165) is 25.7 Å². The zero-order chi connectivity index (χ0) is 14.0. The van der Waals surface area contributed by atoms with Crippen LogP contribution in [0.25, 0.3) is 0 Å². The molecule has 0 saturated heterocycles. The molecule has 1 saturated carbocycles. The predicted octanol–water partition coefficient (Wildman–Crippen LogP) is 3.53. The molecule has 4 heteroatoms. The summed E-state index contributed by atoms with van der Waals surface area (Å²) in [7, 11) is 0. The number of hydrogen-bond donors (Lipinski definition) is 2. The van der Waals surface area contributed by atoms with E-state index < -0.39 is 0 Å². The van der Waals surface area contributed by atoms with E-state index in [4.69, 9.17) is 0 Å². The summed E-state index contributed by atoms with van der Waals surface area (Å²) >= 11 is 1.84. The Balaban J connectivity index is 1.97. The fourth-order valence-corrected chi connectivity index (χ4v) is 3.83. The van der Waals surface area contributed by atoms with Gasteiger partial charge in [-0.15, -0.1) is 11.3 Å². The molecule has 1 aliphatic carbocycles. The molecule has 1 aromatic rings. The average Bonchev–Trinajstić information content (AvgIpc) is 2.74. The third-order valence-electron chi connectivity index (χ3n) is 3.92. The second-order valence-corrected chi connectivity index (χ2v) is 7.11. The van der Waals surface area contributed by atoms with E-state index in [9.17, 15) is 5.11 Å². The lowest BCUT2D eigenvalue weighted by atomic mass is 9.92. The Labute approximate surface area is 120 Å². The molecular weight excluding hydrogens is 256 g/mol. The molecule has 19 heavy (non-hydrogen) atoms. The highest BCUT2D eigenvalue weighted by molar-refractivity contribution is 7.11. The lowest BCUT2D eigenvalue weighted by molar-refractivity contribution is 0.114. The van der Waals surface area contributed by atoms with Crippen molar-refractivity contribution < 1.29 is 5.11 Å². The van der Waals surface area contributed by atoms with Gasteiger partial charge in [-0.05, 0) is 39.5 Å². The molecule has 108 valence electrons. The third-order valence-corrected chi connectivity index (χ3v) is 5.56. The van der Waals surface area contributed by atoms with Crippen LogP contribution in [0.5, 0.6) is 0 Å². The maximum Gasteiger partial charge on any atom is 0.0956 e. The number of hydrogen-bond acceptors (Lipinski definition) is 4. The van der Waals surface area contributed by atoms with Gasteiger partial charge in [0.15, 0.2) is 0 Å². The first-order chi connectivity index (χ1) is 8.97. The van der Waals surface area contributed by atoms with Crippen molar-refractivity contribution in [3.05, 3.63) is 15.6 Å². The maximum absolute atomic E-state index is 9.55. The van der Waals surface area contributed by atoms with Crippen molar-refractivity contribution in [2.24, 2.45) is 0 Å². The molecule has 2 rings (SSSR count). The van der Waals surface area contributed by atoms with Crippen LogP contribution in [0.3, 0.4) is 0 Å². The summed E-state index contributed by atoms with van der Waals surface area (Å²) in [6, 6.07) is 0.910. The van der Waals surface area contributed by atoms with Crippen molar-refractivity contribution in [2.45, 2.75) is 77.5 Å². The summed E-state index contributed by atoms with van der Waals surface area (Å²) in [6.07, 6.45) is 3.96. The highest BCUT2D eigenvalue weighted by atomic mass is 32.1. The van der Waals surface area contributed by atoms with Crippen molar-refractivity contribution in [3.63, 3.8) is 0 Å². The van der Waals surface area contributed by atoms with Crippen LogP contribution in [-0.2, 0) is 0 Å². The van der Waals surface area contributed by atoms with Gasteiger partial charge in [0.05, 0.1) is 16.8 Å². The van der Waals surface area contributed by atoms with Crippen molar-refractivity contribution in [2.75, 3.05) is 0 Å². The van der Waals surface area contributed by atoms with Gasteiger partial charge in [0, 0.05) is 22.9 Å². The second kappa shape index (κ2) is 6.33. The standard InChI is InChI=1S/C15H26N2OS/c1-9(2)15-17-11(4)14(19-15)10(3)16-12-5-7-13(18)8-6-12/h9-10,12-13,16,18H,5-8H2,1-4H3. The minimum Gasteiger partial charge on any atom is -0.393 e. The van der Waals surface area contributed by atoms with Gasteiger partial charge in [0.2, 0.25) is 0 Å². The van der Waals surface area contributed by atoms with Gasteiger partial charge in [0.25, 0.3) is 0 Å². The number of rotatable bonds is 4. The number of aromatic nitrogens is 1. The van der Waals surface area contributed by atoms with Gasteiger partial charge in [0.1, 0.15) is 0 Å². The summed E-state index contributed by atoms with van der Waals surface area (Å²) in [6.45, 7) is 8.74. The molecule has 1 fully saturated rings. The van der Waals surface area contributed by atoms with Gasteiger partial charge in [-0.25, -0.2) is 4.98 Å². The van der Waals surface area contributed by atoms with E-state index in [1.807, 2.05) is 11.3 Å². The summed E-state index contributed by atoms with van der Waals surface area (Å²) in [5, 5.41) is 14.5. The van der Waals surface area contributed by atoms with Crippen molar-refractivity contribution >= 4 is 11.3 Å². The van der Waals surface area contributed by atoms with Gasteiger partial charge < -0.3 is 10.4 Å². The monoisotopic (exact) mass is 282 g/mol. The van der Waals surface area contributed by atoms with Crippen LogP contribution in [-0.4, -0.2) is 22.2 Å². The topological polar surface area (TPSA) is 45.2 Å². The highest BCUT2D eigenvalue weighted by Crippen LogP contribution is 2.30. The Hall–Kier alpha value is -0.450. The summed E-state index contributed by atoms with van der Waals surface area (Å²) < 4.78 is 0. The Morgan fingerprint density at radius 3 is 2.37 bits per heavy atom. The molecule has 1 aromatic heterocycles. The molecule has 0 aromatic carbocycles. The molecule has 0 aliphatic heterocycles. The zero-order valence-corrected chi connectivity index (χ0v) is 13.3. The summed E-state index contributed by atoms with van der Waals surface area (Å²) in [5.41, 5.74) is 1.17. The Morgan fingerprint density at radius 1 is 1.21 bits per heavy atom. The van der Waals surface area contributed by atoms with Crippen LogP contribution < -0.4 is 5.32 Å². The average molecular weight is 282 g/mol. The lowest BCUT2D eigenvalue weighted by Gasteiger charge is -2.28. The fraction of sp³-hybridized carbons (Fsp3) is 0.800. The minimum atomic E-state index is -0.0777. The molecule has 1 heterocycles. The van der Waals surface area contributed by atoms with Crippen molar-refractivity contribution in [1.82, 2.24) is 10.3 Å². The lowest BCUT2D eigenvalue weighted by Crippen LogP contribution is -2.36. The van der Waals surface area contributed by atoms with Gasteiger partial charge >= 0.3 is 0 Å². The number of nitrogens with zero attached hydrogens (tertiary/aromatic N) is 1. The first-order valence-corrected chi connectivity index (χ1v) is 8.20. The van der Waals surface area contributed by atoms with E-state index in [1.54, 1.807) is 0 Å². The first-order valence-electron chi connectivity index (χ1n) is 7.38. The van der Waals surface area contributed by atoms with Gasteiger partial charge in [-0.2, -0.15) is 0 Å². The smallest absolute Gasteiger partial charge is 0.0956 e. The summed E-state index contributed by atoms with van der Waals surface area (Å²) in [4.78, 5) is 6.05. The number of aliphatic hydroxyl groups is 1. The normalized spacial score (nSPS) is 25.8. The molecule has 1 aliphatic rings. The van der Waals surface area contributed by atoms with E-state index in [1.165, 1.54) is 15.6 Å². The third kappa shape index (κ3) is 3.77. The van der Waals surface area contributed by atoms with Crippen LogP contribution in [0.15, 0.2) is 0 Å². The fourth-order valence-electron chi connectivity index (χ4n) is 2.75. The molecule has 0 radical (unpaired) electrons. The van der Waals surface area contributed by atoms with Crippen LogP contribution in [0, 0.1) is 6.92 Å².